The summed E-state index contributed by atoms with van der Waals surface area (Å²) >= 11 is 3.03. The molecule has 35 heavy (non-hydrogen) atoms. The summed E-state index contributed by atoms with van der Waals surface area (Å²) in [6.07, 6.45) is 2.75. The van der Waals surface area contributed by atoms with Crippen LogP contribution in [0, 0.1) is 11.3 Å². The summed E-state index contributed by atoms with van der Waals surface area (Å²) in [5.41, 5.74) is 8.88. The van der Waals surface area contributed by atoms with Crippen molar-refractivity contribution in [2.75, 3.05) is 32.0 Å². The molecular formula is C24H27N5O4S2. The molecule has 4 rings (SSSR count). The lowest BCUT2D eigenvalue weighted by Crippen LogP contribution is -2.38. The fourth-order valence-corrected chi connectivity index (χ4v) is 6.25. The Morgan fingerprint density at radius 1 is 1.20 bits per heavy atom. The number of Topliss-reactive ketones (excluding diaryl/α,β-unsaturated/α-hetero) is 1. The first-order chi connectivity index (χ1) is 17.0. The number of anilines is 1. The van der Waals surface area contributed by atoms with Crippen LogP contribution in [0.1, 0.15) is 44.1 Å². The van der Waals surface area contributed by atoms with Crippen molar-refractivity contribution in [2.45, 2.75) is 42.9 Å². The van der Waals surface area contributed by atoms with Gasteiger partial charge < -0.3 is 19.9 Å². The molecule has 2 aliphatic rings. The lowest BCUT2D eigenvalue weighted by molar-refractivity contribution is -0.116. The van der Waals surface area contributed by atoms with Crippen LogP contribution in [-0.4, -0.2) is 43.1 Å². The van der Waals surface area contributed by atoms with E-state index in [2.05, 4.69) is 23.2 Å². The lowest BCUT2D eigenvalue weighted by atomic mass is 9.75. The number of carbonyl (C=O) groups is 1. The summed E-state index contributed by atoms with van der Waals surface area (Å²) < 4.78 is 17.3. The molecule has 0 saturated carbocycles. The number of ketones is 1. The number of methoxy groups -OCH3 is 3. The summed E-state index contributed by atoms with van der Waals surface area (Å²) in [5.74, 6) is 1.82. The monoisotopic (exact) mass is 513 g/mol. The molecule has 1 atom stereocenters. The van der Waals surface area contributed by atoms with E-state index in [1.807, 2.05) is 0 Å². The molecule has 2 heterocycles. The Hall–Kier alpha value is -3.23. The fourth-order valence-electron chi connectivity index (χ4n) is 4.45. The fraction of sp³-hybridized carbons (Fsp3) is 0.417. The number of benzene rings is 1. The molecule has 11 heteroatoms. The van der Waals surface area contributed by atoms with Crippen LogP contribution in [0.5, 0.6) is 17.2 Å². The molecule has 1 aliphatic carbocycles. The van der Waals surface area contributed by atoms with E-state index in [-0.39, 0.29) is 17.2 Å². The third kappa shape index (κ3) is 4.44. The van der Waals surface area contributed by atoms with Gasteiger partial charge in [0.05, 0.1) is 38.9 Å². The van der Waals surface area contributed by atoms with Gasteiger partial charge in [-0.3, -0.25) is 9.69 Å². The van der Waals surface area contributed by atoms with Gasteiger partial charge in [0.2, 0.25) is 10.9 Å². The zero-order valence-electron chi connectivity index (χ0n) is 20.1. The molecule has 2 aromatic rings. The number of thioether (sulfide) groups is 1. The third-order valence-electron chi connectivity index (χ3n) is 5.95. The van der Waals surface area contributed by atoms with Crippen LogP contribution in [-0.2, 0) is 4.79 Å². The summed E-state index contributed by atoms with van der Waals surface area (Å²) in [6.45, 7) is 2.10. The Kier molecular flexibility index (Phi) is 7.52. The molecule has 0 bridgehead atoms. The van der Waals surface area contributed by atoms with Crippen molar-refractivity contribution < 1.29 is 19.0 Å². The predicted octanol–water partition coefficient (Wildman–Crippen LogP) is 4.37. The first-order valence-electron chi connectivity index (χ1n) is 11.2. The highest BCUT2D eigenvalue weighted by Gasteiger charge is 2.42. The van der Waals surface area contributed by atoms with E-state index < -0.39 is 5.92 Å². The third-order valence-corrected chi connectivity index (χ3v) is 8.20. The molecule has 1 unspecified atom stereocenters. The van der Waals surface area contributed by atoms with E-state index in [0.29, 0.717) is 52.8 Å². The number of ether oxygens (including phenoxy) is 3. The Bertz CT molecular complexity index is 1220. The van der Waals surface area contributed by atoms with Gasteiger partial charge in [-0.25, -0.2) is 0 Å². The van der Waals surface area contributed by atoms with Gasteiger partial charge >= 0.3 is 0 Å². The minimum Gasteiger partial charge on any atom is -0.493 e. The van der Waals surface area contributed by atoms with E-state index in [1.54, 1.807) is 28.8 Å². The second-order valence-electron chi connectivity index (χ2n) is 7.97. The number of nitriles is 1. The highest BCUT2D eigenvalue weighted by Crippen LogP contribution is 2.49. The number of rotatable bonds is 8. The Morgan fingerprint density at radius 3 is 2.51 bits per heavy atom. The maximum atomic E-state index is 13.4. The molecule has 0 spiro atoms. The van der Waals surface area contributed by atoms with Crippen LogP contribution < -0.4 is 24.8 Å². The number of nitrogens with two attached hydrogens (primary N) is 1. The molecule has 9 nitrogen and oxygen atoms in total. The zero-order chi connectivity index (χ0) is 25.1. The second kappa shape index (κ2) is 10.6. The van der Waals surface area contributed by atoms with Crippen LogP contribution in [0.15, 0.2) is 39.1 Å². The largest absolute Gasteiger partial charge is 0.493 e. The minimum atomic E-state index is -0.658. The van der Waals surface area contributed by atoms with Crippen molar-refractivity contribution in [3.8, 4) is 23.3 Å². The number of aromatic nitrogens is 2. The van der Waals surface area contributed by atoms with Crippen molar-refractivity contribution in [2.24, 2.45) is 5.73 Å². The van der Waals surface area contributed by atoms with Crippen molar-refractivity contribution in [1.29, 1.82) is 5.26 Å². The summed E-state index contributed by atoms with van der Waals surface area (Å²) in [4.78, 5) is 15.1. The van der Waals surface area contributed by atoms with Crippen molar-refractivity contribution >= 4 is 34.0 Å². The van der Waals surface area contributed by atoms with Crippen molar-refractivity contribution in [3.63, 3.8) is 0 Å². The van der Waals surface area contributed by atoms with Gasteiger partial charge in [0.25, 0.3) is 0 Å². The Balaban J connectivity index is 1.91. The average molecular weight is 514 g/mol. The van der Waals surface area contributed by atoms with Crippen molar-refractivity contribution in [1.82, 2.24) is 10.2 Å². The molecule has 1 aliphatic heterocycles. The van der Waals surface area contributed by atoms with Crippen LogP contribution in [0.3, 0.4) is 0 Å². The Morgan fingerprint density at radius 2 is 1.91 bits per heavy atom. The highest BCUT2D eigenvalue weighted by molar-refractivity contribution is 8.01. The van der Waals surface area contributed by atoms with E-state index in [0.717, 1.165) is 22.2 Å². The van der Waals surface area contributed by atoms with E-state index in [9.17, 15) is 10.1 Å². The molecule has 2 N–H and O–H groups in total. The van der Waals surface area contributed by atoms with Crippen LogP contribution in [0.2, 0.25) is 0 Å². The number of hydrogen-bond acceptors (Lipinski definition) is 11. The van der Waals surface area contributed by atoms with Gasteiger partial charge in [-0.15, -0.1) is 10.2 Å². The Labute approximate surface area is 212 Å². The summed E-state index contributed by atoms with van der Waals surface area (Å²) in [7, 11) is 4.58. The van der Waals surface area contributed by atoms with E-state index in [1.165, 1.54) is 32.7 Å². The number of nitrogens with zero attached hydrogens (tertiary/aromatic N) is 4. The molecule has 1 aromatic heterocycles. The molecule has 0 fully saturated rings. The second-order valence-corrected chi connectivity index (χ2v) is 10.3. The lowest BCUT2D eigenvalue weighted by Gasteiger charge is -2.38. The first kappa shape index (κ1) is 24.9. The van der Waals surface area contributed by atoms with Crippen LogP contribution in [0.4, 0.5) is 5.13 Å². The highest BCUT2D eigenvalue weighted by atomic mass is 32.2. The zero-order valence-corrected chi connectivity index (χ0v) is 21.7. The number of carbonyl (C=O) groups excluding carboxylic acids is 1. The SMILES string of the molecule is CCCSc1nnc(N2C(N)=C(C#N)C(c3cc(OC)c(OC)c(OC)c3)C3=C2CCCC3=O)s1. The molecule has 0 saturated heterocycles. The molecule has 0 amide bonds. The van der Waals surface area contributed by atoms with Gasteiger partial charge in [-0.05, 0) is 37.0 Å². The molecule has 0 radical (unpaired) electrons. The van der Waals surface area contributed by atoms with Crippen LogP contribution >= 0.6 is 23.1 Å². The smallest absolute Gasteiger partial charge is 0.219 e. The first-order valence-corrected chi connectivity index (χ1v) is 13.0. The van der Waals surface area contributed by atoms with Gasteiger partial charge in [-0.1, -0.05) is 30.0 Å². The standard InChI is InChI=1S/C24H27N5O4S2/c1-5-9-34-24-28-27-23(35-24)29-15-7-6-8-16(30)20(15)19(14(12-25)22(29)26)13-10-17(31-2)21(33-4)18(11-13)32-3/h10-11,19H,5-9,26H2,1-4H3. The van der Waals surface area contributed by atoms with Gasteiger partial charge in [0, 0.05) is 23.4 Å². The normalized spacial score (nSPS) is 17.9. The van der Waals surface area contributed by atoms with Crippen molar-refractivity contribution in [3.05, 3.63) is 40.4 Å². The minimum absolute atomic E-state index is 0.0136. The molecule has 1 aromatic carbocycles. The average Bonchev–Trinajstić information content (AvgIpc) is 3.34. The number of allylic oxidation sites excluding steroid dienone is 3. The summed E-state index contributed by atoms with van der Waals surface area (Å²) in [5, 5.41) is 19.4. The predicted molar refractivity (Wildman–Crippen MR) is 135 cm³/mol. The van der Waals surface area contributed by atoms with Gasteiger partial charge in [0.1, 0.15) is 5.82 Å². The molecule has 184 valence electrons. The maximum absolute atomic E-state index is 13.4. The maximum Gasteiger partial charge on any atom is 0.219 e. The number of hydrogen-bond donors (Lipinski definition) is 1. The molecular weight excluding hydrogens is 486 g/mol. The van der Waals surface area contributed by atoms with Crippen LogP contribution in [0.25, 0.3) is 0 Å². The topological polar surface area (TPSA) is 124 Å². The van der Waals surface area contributed by atoms with E-state index in [4.69, 9.17) is 19.9 Å². The van der Waals surface area contributed by atoms with Gasteiger partial charge in [0.15, 0.2) is 21.6 Å². The summed E-state index contributed by atoms with van der Waals surface area (Å²) in [6, 6.07) is 5.80. The van der Waals surface area contributed by atoms with E-state index >= 15 is 0 Å². The van der Waals surface area contributed by atoms with Gasteiger partial charge in [-0.2, -0.15) is 5.26 Å². The quantitative estimate of drug-likeness (QED) is 0.509.